The molecule has 2 N–H and O–H groups in total. The number of primary amides is 1. The second-order valence-corrected chi connectivity index (χ2v) is 5.33. The highest BCUT2D eigenvalue weighted by Gasteiger charge is 2.18. The number of hydrogen-bond donors (Lipinski definition) is 1. The summed E-state index contributed by atoms with van der Waals surface area (Å²) in [6.45, 7) is 4.08. The fraction of sp³-hybridized carbons (Fsp3) is 0.500. The maximum Gasteiger partial charge on any atom is 0.234 e. The number of carbonyl (C=O) groups is 1. The standard InChI is InChI=1S/C14H21BrN2O3/c1-11(14(16)18)17(6-8-19-2)7-9-20-13-5-3-4-12(15)10-13/h3-5,10-11H,6-9H2,1-2H3,(H2,16,18). The predicted molar refractivity (Wildman–Crippen MR) is 81.7 cm³/mol. The van der Waals surface area contributed by atoms with Crippen LogP contribution in [0.15, 0.2) is 28.7 Å². The van der Waals surface area contributed by atoms with Crippen molar-refractivity contribution in [3.8, 4) is 5.75 Å². The minimum atomic E-state index is -0.344. The lowest BCUT2D eigenvalue weighted by molar-refractivity contribution is -0.123. The van der Waals surface area contributed by atoms with Crippen molar-refractivity contribution in [3.63, 3.8) is 0 Å². The van der Waals surface area contributed by atoms with Crippen molar-refractivity contribution in [2.45, 2.75) is 13.0 Å². The first-order chi connectivity index (χ1) is 9.54. The maximum atomic E-state index is 11.3. The molecule has 1 amide bonds. The number of hydrogen-bond acceptors (Lipinski definition) is 4. The van der Waals surface area contributed by atoms with E-state index in [1.807, 2.05) is 29.2 Å². The van der Waals surface area contributed by atoms with Crippen molar-refractivity contribution in [1.29, 1.82) is 0 Å². The molecule has 0 radical (unpaired) electrons. The normalized spacial score (nSPS) is 12.4. The second kappa shape index (κ2) is 8.94. The van der Waals surface area contributed by atoms with Gasteiger partial charge in [0, 0.05) is 24.7 Å². The molecule has 0 saturated heterocycles. The van der Waals surface area contributed by atoms with E-state index in [1.54, 1.807) is 14.0 Å². The molecule has 20 heavy (non-hydrogen) atoms. The van der Waals surface area contributed by atoms with E-state index < -0.39 is 0 Å². The van der Waals surface area contributed by atoms with Gasteiger partial charge in [0.15, 0.2) is 0 Å². The maximum absolute atomic E-state index is 11.3. The average molecular weight is 345 g/mol. The van der Waals surface area contributed by atoms with E-state index >= 15 is 0 Å². The molecule has 1 aromatic rings. The summed E-state index contributed by atoms with van der Waals surface area (Å²) >= 11 is 3.39. The van der Waals surface area contributed by atoms with Crippen LogP contribution in [0.5, 0.6) is 5.75 Å². The summed E-state index contributed by atoms with van der Waals surface area (Å²) in [4.78, 5) is 13.2. The molecule has 0 saturated carbocycles. The third-order valence-corrected chi connectivity index (χ3v) is 3.48. The lowest BCUT2D eigenvalue weighted by Gasteiger charge is -2.26. The number of carbonyl (C=O) groups excluding carboxylic acids is 1. The molecule has 0 aliphatic heterocycles. The number of nitrogens with two attached hydrogens (primary N) is 1. The Kier molecular flexibility index (Phi) is 7.58. The van der Waals surface area contributed by atoms with Gasteiger partial charge in [-0.05, 0) is 25.1 Å². The third kappa shape index (κ3) is 5.90. The van der Waals surface area contributed by atoms with Crippen LogP contribution in [0.2, 0.25) is 0 Å². The van der Waals surface area contributed by atoms with E-state index in [9.17, 15) is 4.79 Å². The number of amides is 1. The third-order valence-electron chi connectivity index (χ3n) is 2.99. The van der Waals surface area contributed by atoms with Gasteiger partial charge < -0.3 is 15.2 Å². The van der Waals surface area contributed by atoms with Crippen molar-refractivity contribution in [2.24, 2.45) is 5.73 Å². The van der Waals surface area contributed by atoms with Gasteiger partial charge in [-0.3, -0.25) is 9.69 Å². The highest BCUT2D eigenvalue weighted by Crippen LogP contribution is 2.17. The summed E-state index contributed by atoms with van der Waals surface area (Å²) in [5, 5.41) is 0. The van der Waals surface area contributed by atoms with Crippen LogP contribution < -0.4 is 10.5 Å². The molecule has 1 aromatic carbocycles. The summed E-state index contributed by atoms with van der Waals surface area (Å²) in [6, 6.07) is 7.30. The van der Waals surface area contributed by atoms with Crippen molar-refractivity contribution in [1.82, 2.24) is 4.90 Å². The highest BCUT2D eigenvalue weighted by molar-refractivity contribution is 9.10. The highest BCUT2D eigenvalue weighted by atomic mass is 79.9. The van der Waals surface area contributed by atoms with Gasteiger partial charge in [-0.2, -0.15) is 0 Å². The number of rotatable bonds is 9. The Labute approximate surface area is 128 Å². The lowest BCUT2D eigenvalue weighted by atomic mass is 10.2. The molecule has 1 unspecified atom stereocenters. The number of halogens is 1. The van der Waals surface area contributed by atoms with Crippen LogP contribution in [0.1, 0.15) is 6.92 Å². The van der Waals surface area contributed by atoms with E-state index in [0.29, 0.717) is 26.3 Å². The van der Waals surface area contributed by atoms with Crippen molar-refractivity contribution >= 4 is 21.8 Å². The van der Waals surface area contributed by atoms with Crippen LogP contribution in [0, 0.1) is 0 Å². The minimum Gasteiger partial charge on any atom is -0.492 e. The predicted octanol–water partition coefficient (Wildman–Crippen LogP) is 1.65. The smallest absolute Gasteiger partial charge is 0.234 e. The summed E-state index contributed by atoms with van der Waals surface area (Å²) in [5.41, 5.74) is 5.34. The zero-order chi connectivity index (χ0) is 15.0. The second-order valence-electron chi connectivity index (χ2n) is 4.41. The molecule has 0 aromatic heterocycles. The Balaban J connectivity index is 2.47. The molecule has 0 bridgehead atoms. The summed E-state index contributed by atoms with van der Waals surface area (Å²) in [5.74, 6) is 0.446. The van der Waals surface area contributed by atoms with Gasteiger partial charge >= 0.3 is 0 Å². The van der Waals surface area contributed by atoms with E-state index in [0.717, 1.165) is 10.2 Å². The Morgan fingerprint density at radius 2 is 2.10 bits per heavy atom. The summed E-state index contributed by atoms with van der Waals surface area (Å²) < 4.78 is 11.7. The average Bonchev–Trinajstić information content (AvgIpc) is 2.41. The number of nitrogens with zero attached hydrogens (tertiary/aromatic N) is 1. The zero-order valence-electron chi connectivity index (χ0n) is 11.8. The lowest BCUT2D eigenvalue weighted by Crippen LogP contribution is -2.45. The Morgan fingerprint density at radius 1 is 1.40 bits per heavy atom. The van der Waals surface area contributed by atoms with Gasteiger partial charge in [0.1, 0.15) is 12.4 Å². The van der Waals surface area contributed by atoms with Gasteiger partial charge in [-0.1, -0.05) is 22.0 Å². The van der Waals surface area contributed by atoms with Crippen LogP contribution in [0.3, 0.4) is 0 Å². The molecule has 0 fully saturated rings. The monoisotopic (exact) mass is 344 g/mol. The number of benzene rings is 1. The topological polar surface area (TPSA) is 64.8 Å². The van der Waals surface area contributed by atoms with Crippen molar-refractivity contribution in [2.75, 3.05) is 33.4 Å². The summed E-state index contributed by atoms with van der Waals surface area (Å²) in [6.07, 6.45) is 0. The molecule has 1 atom stereocenters. The van der Waals surface area contributed by atoms with Crippen molar-refractivity contribution in [3.05, 3.63) is 28.7 Å². The molecule has 0 spiro atoms. The van der Waals surface area contributed by atoms with Gasteiger partial charge in [-0.15, -0.1) is 0 Å². The first kappa shape index (κ1) is 16.9. The van der Waals surface area contributed by atoms with Gasteiger partial charge in [-0.25, -0.2) is 0 Å². The SMILES string of the molecule is COCCN(CCOc1cccc(Br)c1)C(C)C(N)=O. The molecule has 0 aliphatic carbocycles. The molecule has 6 heteroatoms. The molecule has 112 valence electrons. The summed E-state index contributed by atoms with van der Waals surface area (Å²) in [7, 11) is 1.63. The quantitative estimate of drug-likeness (QED) is 0.739. The molecule has 0 aliphatic rings. The largest absolute Gasteiger partial charge is 0.492 e. The van der Waals surface area contributed by atoms with Gasteiger partial charge in [0.2, 0.25) is 5.91 Å². The van der Waals surface area contributed by atoms with E-state index in [1.165, 1.54) is 0 Å². The van der Waals surface area contributed by atoms with Crippen LogP contribution in [0.25, 0.3) is 0 Å². The Morgan fingerprint density at radius 3 is 2.70 bits per heavy atom. The van der Waals surface area contributed by atoms with E-state index in [-0.39, 0.29) is 11.9 Å². The van der Waals surface area contributed by atoms with Crippen LogP contribution in [-0.4, -0.2) is 50.3 Å². The fourth-order valence-electron chi connectivity index (χ4n) is 1.73. The molecular formula is C14H21BrN2O3. The van der Waals surface area contributed by atoms with Crippen LogP contribution in [0.4, 0.5) is 0 Å². The van der Waals surface area contributed by atoms with Crippen LogP contribution in [-0.2, 0) is 9.53 Å². The molecular weight excluding hydrogens is 324 g/mol. The fourth-order valence-corrected chi connectivity index (χ4v) is 2.10. The zero-order valence-corrected chi connectivity index (χ0v) is 13.4. The van der Waals surface area contributed by atoms with E-state index in [2.05, 4.69) is 15.9 Å². The first-order valence-corrected chi connectivity index (χ1v) is 7.24. The van der Waals surface area contributed by atoms with Crippen molar-refractivity contribution < 1.29 is 14.3 Å². The Hall–Kier alpha value is -1.11. The first-order valence-electron chi connectivity index (χ1n) is 6.45. The Bertz CT molecular complexity index is 429. The van der Waals surface area contributed by atoms with Gasteiger partial charge in [0.25, 0.3) is 0 Å². The molecule has 0 heterocycles. The molecule has 1 rings (SSSR count). The minimum absolute atomic E-state index is 0.337. The van der Waals surface area contributed by atoms with Gasteiger partial charge in [0.05, 0.1) is 12.6 Å². The molecule has 5 nitrogen and oxygen atoms in total. The van der Waals surface area contributed by atoms with Crippen LogP contribution >= 0.6 is 15.9 Å². The number of ether oxygens (including phenoxy) is 2. The number of methoxy groups -OCH3 is 1. The van der Waals surface area contributed by atoms with E-state index in [4.69, 9.17) is 15.2 Å².